The summed E-state index contributed by atoms with van der Waals surface area (Å²) in [6, 6.07) is 10.9. The van der Waals surface area contributed by atoms with Crippen LogP contribution in [-0.4, -0.2) is 6.98 Å². The van der Waals surface area contributed by atoms with Gasteiger partial charge in [0.1, 0.15) is 6.61 Å². The van der Waals surface area contributed by atoms with Crippen LogP contribution in [0.3, 0.4) is 0 Å². The van der Waals surface area contributed by atoms with Crippen molar-refractivity contribution in [1.29, 1.82) is 0 Å². The van der Waals surface area contributed by atoms with Gasteiger partial charge < -0.3 is 17.7 Å². The molecular formula is C14H12BClF3KO. The maximum absolute atomic E-state index is 13.0. The Balaban J connectivity index is 0.00000220. The number of hydrogen-bond donors (Lipinski definition) is 0. The van der Waals surface area contributed by atoms with Gasteiger partial charge >= 0.3 is 58.4 Å². The molecule has 0 atom stereocenters. The van der Waals surface area contributed by atoms with Crippen LogP contribution in [0.4, 0.5) is 12.9 Å². The van der Waals surface area contributed by atoms with Crippen molar-refractivity contribution in [2.75, 3.05) is 0 Å². The van der Waals surface area contributed by atoms with Crippen LogP contribution in [0.2, 0.25) is 5.02 Å². The van der Waals surface area contributed by atoms with Crippen LogP contribution in [0.1, 0.15) is 11.1 Å². The van der Waals surface area contributed by atoms with Crippen LogP contribution in [0, 0.1) is 6.92 Å². The third-order valence-electron chi connectivity index (χ3n) is 2.86. The fourth-order valence-corrected chi connectivity index (χ4v) is 2.02. The van der Waals surface area contributed by atoms with E-state index in [0.29, 0.717) is 16.1 Å². The standard InChI is InChI=1S/C14H12BClF3O.K/c1-10-6-7-14(12(8-10)15(17,18)19)20-9-11-4-2-3-5-13(11)16;/h2-8H,9H2,1H3;/q-1;+1. The molecule has 2 aromatic carbocycles. The first-order chi connectivity index (χ1) is 9.38. The van der Waals surface area contributed by atoms with Crippen LogP contribution < -0.4 is 61.6 Å². The molecule has 0 aliphatic carbocycles. The first-order valence-corrected chi connectivity index (χ1v) is 6.42. The Kier molecular flexibility index (Phi) is 7.30. The Morgan fingerprint density at radius 3 is 2.38 bits per heavy atom. The molecule has 21 heavy (non-hydrogen) atoms. The summed E-state index contributed by atoms with van der Waals surface area (Å²) < 4.78 is 44.3. The Morgan fingerprint density at radius 1 is 1.10 bits per heavy atom. The molecule has 0 saturated heterocycles. The molecule has 106 valence electrons. The van der Waals surface area contributed by atoms with E-state index < -0.39 is 12.4 Å². The Labute approximate surface area is 169 Å². The van der Waals surface area contributed by atoms with E-state index in [4.69, 9.17) is 16.3 Å². The molecule has 0 saturated carbocycles. The van der Waals surface area contributed by atoms with Gasteiger partial charge in [-0.2, -0.15) is 0 Å². The molecule has 0 radical (unpaired) electrons. The fourth-order valence-electron chi connectivity index (χ4n) is 1.83. The van der Waals surface area contributed by atoms with Gasteiger partial charge in [-0.05, 0) is 19.1 Å². The monoisotopic (exact) mass is 338 g/mol. The molecule has 7 heteroatoms. The van der Waals surface area contributed by atoms with E-state index in [0.717, 1.165) is 6.07 Å². The van der Waals surface area contributed by atoms with Gasteiger partial charge in [-0.1, -0.05) is 53.0 Å². The molecule has 0 aromatic heterocycles. The number of benzene rings is 2. The summed E-state index contributed by atoms with van der Waals surface area (Å²) in [7, 11) is 0. The van der Waals surface area contributed by atoms with E-state index in [9.17, 15) is 12.9 Å². The van der Waals surface area contributed by atoms with Gasteiger partial charge in [0.2, 0.25) is 0 Å². The molecule has 2 rings (SSSR count). The zero-order chi connectivity index (χ0) is 14.8. The summed E-state index contributed by atoms with van der Waals surface area (Å²) in [6.07, 6.45) is 0. The van der Waals surface area contributed by atoms with Crippen molar-refractivity contribution in [2.24, 2.45) is 0 Å². The van der Waals surface area contributed by atoms with Gasteiger partial charge in [0.05, 0.1) is 5.75 Å². The molecule has 0 aliphatic rings. The molecule has 0 bridgehead atoms. The largest absolute Gasteiger partial charge is 1.00 e. The Bertz CT molecular complexity index is 619. The van der Waals surface area contributed by atoms with E-state index in [1.807, 2.05) is 0 Å². The average molecular weight is 339 g/mol. The first-order valence-electron chi connectivity index (χ1n) is 6.04. The molecule has 2 aromatic rings. The summed E-state index contributed by atoms with van der Waals surface area (Å²) in [5.41, 5.74) is 0.483. The first kappa shape index (κ1) is 19.1. The topological polar surface area (TPSA) is 9.23 Å². The summed E-state index contributed by atoms with van der Waals surface area (Å²) >= 11 is 5.95. The second kappa shape index (κ2) is 8.04. The van der Waals surface area contributed by atoms with Gasteiger partial charge in [-0.25, -0.2) is 0 Å². The summed E-state index contributed by atoms with van der Waals surface area (Å²) in [5.74, 6) is -0.164. The van der Waals surface area contributed by atoms with Crippen LogP contribution in [-0.2, 0) is 6.61 Å². The van der Waals surface area contributed by atoms with Gasteiger partial charge in [0, 0.05) is 10.6 Å². The molecule has 0 aliphatic heterocycles. The molecule has 1 nitrogen and oxygen atoms in total. The number of halogens is 4. The van der Waals surface area contributed by atoms with E-state index in [2.05, 4.69) is 0 Å². The molecule has 0 unspecified atom stereocenters. The molecule has 0 heterocycles. The third kappa shape index (κ3) is 5.30. The summed E-state index contributed by atoms with van der Waals surface area (Å²) in [4.78, 5) is 0. The zero-order valence-electron chi connectivity index (χ0n) is 11.7. The van der Waals surface area contributed by atoms with Crippen molar-refractivity contribution in [3.05, 3.63) is 58.6 Å². The number of rotatable bonds is 4. The molecule has 0 fully saturated rings. The van der Waals surface area contributed by atoms with Crippen molar-refractivity contribution in [1.82, 2.24) is 0 Å². The van der Waals surface area contributed by atoms with Crippen molar-refractivity contribution in [2.45, 2.75) is 13.5 Å². The minimum atomic E-state index is -5.11. The van der Waals surface area contributed by atoms with Crippen molar-refractivity contribution in [3.8, 4) is 5.75 Å². The minimum Gasteiger partial charge on any atom is -0.492 e. The maximum Gasteiger partial charge on any atom is 1.00 e. The van der Waals surface area contributed by atoms with Crippen molar-refractivity contribution < 1.29 is 69.1 Å². The summed E-state index contributed by atoms with van der Waals surface area (Å²) in [6.45, 7) is -3.49. The second-order valence-corrected chi connectivity index (χ2v) is 4.90. The van der Waals surface area contributed by atoms with E-state index in [1.54, 1.807) is 37.3 Å². The maximum atomic E-state index is 13.0. The smallest absolute Gasteiger partial charge is 0.492 e. The Morgan fingerprint density at radius 2 is 1.76 bits per heavy atom. The molecular weight excluding hydrogens is 327 g/mol. The van der Waals surface area contributed by atoms with Gasteiger partial charge in [0.15, 0.2) is 0 Å². The van der Waals surface area contributed by atoms with E-state index in [1.165, 1.54) is 6.07 Å². The predicted octanol–water partition coefficient (Wildman–Crippen LogP) is 1.29. The number of aryl methyl sites for hydroxylation is 1. The molecule has 0 N–H and O–H groups in total. The number of ether oxygens (including phenoxy) is 1. The van der Waals surface area contributed by atoms with E-state index >= 15 is 0 Å². The average Bonchev–Trinajstić information content (AvgIpc) is 2.38. The predicted molar refractivity (Wildman–Crippen MR) is 75.7 cm³/mol. The van der Waals surface area contributed by atoms with Crippen LogP contribution in [0.15, 0.2) is 42.5 Å². The van der Waals surface area contributed by atoms with E-state index in [-0.39, 0.29) is 63.7 Å². The normalized spacial score (nSPS) is 10.9. The molecule has 0 amide bonds. The summed E-state index contributed by atoms with van der Waals surface area (Å²) in [5, 5.41) is 0.471. The Hall–Kier alpha value is 0.0213. The van der Waals surface area contributed by atoms with Crippen LogP contribution in [0.25, 0.3) is 0 Å². The number of hydrogen-bond acceptors (Lipinski definition) is 1. The quantitative estimate of drug-likeness (QED) is 0.763. The third-order valence-corrected chi connectivity index (χ3v) is 3.23. The fraction of sp³-hybridized carbons (Fsp3) is 0.143. The van der Waals surface area contributed by atoms with Gasteiger partial charge in [-0.15, -0.1) is 0 Å². The van der Waals surface area contributed by atoms with Gasteiger partial charge in [0.25, 0.3) is 0 Å². The molecule has 0 spiro atoms. The van der Waals surface area contributed by atoms with Gasteiger partial charge in [-0.3, -0.25) is 0 Å². The SMILES string of the molecule is Cc1ccc(OCc2ccccc2Cl)c([B-](F)(F)F)c1.[K+]. The minimum absolute atomic E-state index is 0. The van der Waals surface area contributed by atoms with Crippen LogP contribution >= 0.6 is 11.6 Å². The second-order valence-electron chi connectivity index (χ2n) is 4.50. The van der Waals surface area contributed by atoms with Crippen molar-refractivity contribution in [3.63, 3.8) is 0 Å². The zero-order valence-corrected chi connectivity index (χ0v) is 15.6. The van der Waals surface area contributed by atoms with Crippen LogP contribution in [0.5, 0.6) is 5.75 Å². The van der Waals surface area contributed by atoms with Crippen molar-refractivity contribution >= 4 is 24.0 Å².